The molecule has 0 unspecified atom stereocenters. The second-order valence-electron chi connectivity index (χ2n) is 0.947. The van der Waals surface area contributed by atoms with Gasteiger partial charge in [0.1, 0.15) is 6.61 Å². The van der Waals surface area contributed by atoms with Crippen molar-refractivity contribution in [3.8, 4) is 0 Å². The maximum Gasteiger partial charge on any atom is 0.158 e. The lowest BCUT2D eigenvalue weighted by Crippen LogP contribution is -1.99. The summed E-state index contributed by atoms with van der Waals surface area (Å²) in [5, 5.41) is 7.95. The summed E-state index contributed by atoms with van der Waals surface area (Å²) in [6, 6.07) is 0. The second kappa shape index (κ2) is 2.85. The zero-order valence-corrected chi connectivity index (χ0v) is 3.48. The van der Waals surface area contributed by atoms with E-state index in [1.165, 1.54) is 0 Å². The molecule has 35 valence electrons. The Morgan fingerprint density at radius 1 is 1.83 bits per heavy atom. The van der Waals surface area contributed by atoms with E-state index in [1.54, 1.807) is 0 Å². The van der Waals surface area contributed by atoms with Crippen molar-refractivity contribution in [1.29, 1.82) is 0 Å². The minimum atomic E-state index is -0.372. The van der Waals surface area contributed by atoms with E-state index >= 15 is 0 Å². The third-order valence-corrected chi connectivity index (χ3v) is 0.455. The summed E-state index contributed by atoms with van der Waals surface area (Å²) in [5.41, 5.74) is 0. The Hall–Kier alpha value is -0.370. The number of rotatable bonds is 2. The Balaban J connectivity index is 2.99. The molecular formula is C4H7O2. The first kappa shape index (κ1) is 5.63. The van der Waals surface area contributed by atoms with Crippen LogP contribution in [-0.2, 0) is 4.79 Å². The van der Waals surface area contributed by atoms with Crippen molar-refractivity contribution in [2.24, 2.45) is 0 Å². The minimum Gasteiger partial charge on any atom is -0.389 e. The fourth-order valence-corrected chi connectivity index (χ4v) is 0.0791. The largest absolute Gasteiger partial charge is 0.389 e. The van der Waals surface area contributed by atoms with Crippen LogP contribution in [0, 0.1) is 6.92 Å². The van der Waals surface area contributed by atoms with E-state index in [-0.39, 0.29) is 18.8 Å². The SMILES string of the molecule is [CH2]CC(=O)CO. The Kier molecular flexibility index (Phi) is 2.67. The molecule has 0 aromatic heterocycles. The highest BCUT2D eigenvalue weighted by Gasteiger charge is 1.88. The average molecular weight is 87.1 g/mol. The van der Waals surface area contributed by atoms with Crippen molar-refractivity contribution in [2.45, 2.75) is 6.42 Å². The van der Waals surface area contributed by atoms with Crippen molar-refractivity contribution in [1.82, 2.24) is 0 Å². The highest BCUT2D eigenvalue weighted by atomic mass is 16.3. The van der Waals surface area contributed by atoms with Gasteiger partial charge in [-0.25, -0.2) is 0 Å². The smallest absolute Gasteiger partial charge is 0.158 e. The predicted molar refractivity (Wildman–Crippen MR) is 22.1 cm³/mol. The zero-order valence-electron chi connectivity index (χ0n) is 3.48. The first-order chi connectivity index (χ1) is 2.81. The van der Waals surface area contributed by atoms with E-state index < -0.39 is 0 Å². The van der Waals surface area contributed by atoms with E-state index in [9.17, 15) is 4.79 Å². The molecule has 0 atom stereocenters. The van der Waals surface area contributed by atoms with Gasteiger partial charge < -0.3 is 5.11 Å². The lowest BCUT2D eigenvalue weighted by molar-refractivity contribution is -0.120. The van der Waals surface area contributed by atoms with Gasteiger partial charge in [-0.05, 0) is 6.92 Å². The van der Waals surface area contributed by atoms with Crippen molar-refractivity contribution in [3.05, 3.63) is 6.92 Å². The average Bonchev–Trinajstić information content (AvgIpc) is 1.65. The molecule has 1 radical (unpaired) electrons. The number of aliphatic hydroxyl groups is 1. The number of ketones is 1. The molecular weight excluding hydrogens is 80.0 g/mol. The van der Waals surface area contributed by atoms with Crippen LogP contribution in [0.25, 0.3) is 0 Å². The van der Waals surface area contributed by atoms with Gasteiger partial charge in [0.25, 0.3) is 0 Å². The van der Waals surface area contributed by atoms with Crippen molar-refractivity contribution >= 4 is 5.78 Å². The second-order valence-corrected chi connectivity index (χ2v) is 0.947. The maximum absolute atomic E-state index is 9.87. The molecule has 0 spiro atoms. The van der Waals surface area contributed by atoms with Crippen LogP contribution in [0.3, 0.4) is 0 Å². The Morgan fingerprint density at radius 3 is 2.33 bits per heavy atom. The molecule has 0 aliphatic rings. The number of aliphatic hydroxyl groups excluding tert-OH is 1. The normalized spacial score (nSPS) is 8.33. The molecule has 2 nitrogen and oxygen atoms in total. The van der Waals surface area contributed by atoms with E-state index in [0.717, 1.165) is 0 Å². The monoisotopic (exact) mass is 87.0 g/mol. The maximum atomic E-state index is 9.87. The number of hydrogen-bond donors (Lipinski definition) is 1. The molecule has 0 saturated heterocycles. The van der Waals surface area contributed by atoms with Crippen LogP contribution in [-0.4, -0.2) is 17.5 Å². The van der Waals surface area contributed by atoms with Gasteiger partial charge in [0.05, 0.1) is 0 Å². The van der Waals surface area contributed by atoms with Crippen molar-refractivity contribution < 1.29 is 9.90 Å². The summed E-state index contributed by atoms with van der Waals surface area (Å²) in [6.07, 6.45) is 0.191. The van der Waals surface area contributed by atoms with Crippen molar-refractivity contribution in [2.75, 3.05) is 6.61 Å². The fourth-order valence-electron chi connectivity index (χ4n) is 0.0791. The van der Waals surface area contributed by atoms with Crippen LogP contribution in [0.1, 0.15) is 6.42 Å². The van der Waals surface area contributed by atoms with Gasteiger partial charge in [-0.1, -0.05) is 0 Å². The highest BCUT2D eigenvalue weighted by molar-refractivity contribution is 5.79. The molecule has 0 aliphatic carbocycles. The topological polar surface area (TPSA) is 37.3 Å². The van der Waals surface area contributed by atoms with Crippen LogP contribution in [0.15, 0.2) is 0 Å². The molecule has 0 saturated carbocycles. The molecule has 6 heavy (non-hydrogen) atoms. The van der Waals surface area contributed by atoms with Gasteiger partial charge in [-0.2, -0.15) is 0 Å². The Bertz CT molecular complexity index is 43.5. The van der Waals surface area contributed by atoms with Crippen LogP contribution in [0.2, 0.25) is 0 Å². The Morgan fingerprint density at radius 2 is 2.33 bits per heavy atom. The molecule has 0 amide bonds. The predicted octanol–water partition coefficient (Wildman–Crippen LogP) is -0.228. The van der Waals surface area contributed by atoms with Crippen molar-refractivity contribution in [3.63, 3.8) is 0 Å². The molecule has 0 rings (SSSR count). The lowest BCUT2D eigenvalue weighted by Gasteiger charge is -1.81. The summed E-state index contributed by atoms with van der Waals surface area (Å²) in [5.74, 6) is -0.213. The molecule has 1 N–H and O–H groups in total. The molecule has 2 heteroatoms. The van der Waals surface area contributed by atoms with Crippen LogP contribution in [0.4, 0.5) is 0 Å². The van der Waals surface area contributed by atoms with Crippen LogP contribution >= 0.6 is 0 Å². The van der Waals surface area contributed by atoms with E-state index in [2.05, 4.69) is 6.92 Å². The molecule has 0 aromatic rings. The number of carbonyl (C=O) groups excluding carboxylic acids is 1. The number of Topliss-reactive ketones (excluding diaryl/α,β-unsaturated/α-hetero) is 1. The number of hydrogen-bond acceptors (Lipinski definition) is 2. The summed E-state index contributed by atoms with van der Waals surface area (Å²) in [6.45, 7) is 2.88. The molecule has 0 aromatic carbocycles. The van der Waals surface area contributed by atoms with Crippen LogP contribution in [0.5, 0.6) is 0 Å². The minimum absolute atomic E-state index is 0.191. The first-order valence-corrected chi connectivity index (χ1v) is 1.73. The third kappa shape index (κ3) is 1.91. The highest BCUT2D eigenvalue weighted by Crippen LogP contribution is 1.72. The number of carbonyl (C=O) groups is 1. The summed E-state index contributed by atoms with van der Waals surface area (Å²) in [7, 11) is 0. The van der Waals surface area contributed by atoms with E-state index in [1.807, 2.05) is 0 Å². The van der Waals surface area contributed by atoms with Gasteiger partial charge in [0.15, 0.2) is 5.78 Å². The van der Waals surface area contributed by atoms with Crippen LogP contribution < -0.4 is 0 Å². The summed E-state index contributed by atoms with van der Waals surface area (Å²) < 4.78 is 0. The van der Waals surface area contributed by atoms with E-state index in [4.69, 9.17) is 5.11 Å². The standard InChI is InChI=1S/C4H7O2/c1-2-4(6)3-5/h5H,1-3H2. The van der Waals surface area contributed by atoms with Gasteiger partial charge in [0.2, 0.25) is 0 Å². The summed E-state index contributed by atoms with van der Waals surface area (Å²) in [4.78, 5) is 9.87. The molecule has 0 aliphatic heterocycles. The quantitative estimate of drug-likeness (QED) is 0.505. The van der Waals surface area contributed by atoms with E-state index in [0.29, 0.717) is 0 Å². The molecule has 0 heterocycles. The first-order valence-electron chi connectivity index (χ1n) is 1.73. The molecule has 0 fully saturated rings. The molecule has 0 bridgehead atoms. The Labute approximate surface area is 36.8 Å². The van der Waals surface area contributed by atoms with Gasteiger partial charge in [-0.15, -0.1) is 0 Å². The zero-order chi connectivity index (χ0) is 4.99. The van der Waals surface area contributed by atoms with Gasteiger partial charge in [0, 0.05) is 6.42 Å². The fraction of sp³-hybridized carbons (Fsp3) is 0.500. The summed E-state index contributed by atoms with van der Waals surface area (Å²) >= 11 is 0. The van der Waals surface area contributed by atoms with Gasteiger partial charge >= 0.3 is 0 Å². The third-order valence-electron chi connectivity index (χ3n) is 0.455. The lowest BCUT2D eigenvalue weighted by atomic mass is 10.3. The van der Waals surface area contributed by atoms with Gasteiger partial charge in [-0.3, -0.25) is 4.79 Å².